The van der Waals surface area contributed by atoms with Crippen molar-refractivity contribution in [2.45, 2.75) is 32.9 Å². The van der Waals surface area contributed by atoms with Gasteiger partial charge in [0.1, 0.15) is 11.5 Å². The number of fused-ring (bicyclic) bond motifs is 3. The predicted octanol–water partition coefficient (Wildman–Crippen LogP) is 5.11. The van der Waals surface area contributed by atoms with Crippen molar-refractivity contribution in [3.05, 3.63) is 111 Å². The van der Waals surface area contributed by atoms with E-state index in [1.54, 1.807) is 7.05 Å². The van der Waals surface area contributed by atoms with E-state index in [0.29, 0.717) is 36.6 Å². The molecule has 1 atom stereocenters. The lowest BCUT2D eigenvalue weighted by Gasteiger charge is -2.33. The predicted molar refractivity (Wildman–Crippen MR) is 153 cm³/mol. The summed E-state index contributed by atoms with van der Waals surface area (Å²) in [5.41, 5.74) is 2.43. The summed E-state index contributed by atoms with van der Waals surface area (Å²) in [4.78, 5) is 33.9. The third kappa shape index (κ3) is 4.74. The summed E-state index contributed by atoms with van der Waals surface area (Å²) in [7, 11) is 1.69. The standard InChI is InChI=1S/C31H31N5O3/c1-22-20-35(24-15-17-26(18-16-24)39-25-13-7-4-8-14-25)30-32-28-27(36(30)21-22)29(37)34(31(38)33(28)2)19-9-12-23-10-5-3-6-11-23/h3-8,10-11,13-18,22H,9,12,19-21H2,1-2H3. The Morgan fingerprint density at radius 3 is 2.26 bits per heavy atom. The lowest BCUT2D eigenvalue weighted by Crippen LogP contribution is -2.40. The molecular formula is C31H31N5O3. The minimum absolute atomic E-state index is 0.276. The number of nitrogens with zero attached hydrogens (tertiary/aromatic N) is 5. The summed E-state index contributed by atoms with van der Waals surface area (Å²) in [6.45, 7) is 3.93. The Balaban J connectivity index is 1.33. The molecule has 0 aliphatic carbocycles. The highest BCUT2D eigenvalue weighted by molar-refractivity contribution is 5.77. The topological polar surface area (TPSA) is 74.3 Å². The van der Waals surface area contributed by atoms with Crippen molar-refractivity contribution in [3.8, 4) is 11.5 Å². The number of para-hydroxylation sites is 1. The van der Waals surface area contributed by atoms with Crippen LogP contribution >= 0.6 is 0 Å². The summed E-state index contributed by atoms with van der Waals surface area (Å²) < 4.78 is 10.8. The molecule has 198 valence electrons. The van der Waals surface area contributed by atoms with Crippen molar-refractivity contribution in [1.82, 2.24) is 18.7 Å². The number of hydrogen-bond donors (Lipinski definition) is 0. The minimum atomic E-state index is -0.335. The average molecular weight is 522 g/mol. The molecule has 0 radical (unpaired) electrons. The first kappa shape index (κ1) is 24.7. The monoisotopic (exact) mass is 521 g/mol. The van der Waals surface area contributed by atoms with Crippen LogP contribution in [0.1, 0.15) is 18.9 Å². The van der Waals surface area contributed by atoms with Crippen LogP contribution in [0.15, 0.2) is 94.5 Å². The van der Waals surface area contributed by atoms with Gasteiger partial charge in [0, 0.05) is 32.4 Å². The Bertz CT molecular complexity index is 1720. The van der Waals surface area contributed by atoms with E-state index in [0.717, 1.165) is 30.2 Å². The fourth-order valence-electron chi connectivity index (χ4n) is 5.32. The normalized spacial score (nSPS) is 14.9. The third-order valence-electron chi connectivity index (χ3n) is 7.26. The number of rotatable bonds is 7. The van der Waals surface area contributed by atoms with Crippen LogP contribution in [0.25, 0.3) is 11.2 Å². The zero-order valence-corrected chi connectivity index (χ0v) is 22.2. The number of hydrogen-bond acceptors (Lipinski definition) is 5. The maximum Gasteiger partial charge on any atom is 0.332 e. The van der Waals surface area contributed by atoms with Crippen molar-refractivity contribution >= 4 is 22.8 Å². The molecule has 3 aromatic carbocycles. The minimum Gasteiger partial charge on any atom is -0.457 e. The van der Waals surface area contributed by atoms with Crippen LogP contribution in [-0.4, -0.2) is 25.2 Å². The van der Waals surface area contributed by atoms with E-state index in [1.807, 2.05) is 77.4 Å². The van der Waals surface area contributed by atoms with E-state index >= 15 is 0 Å². The summed E-state index contributed by atoms with van der Waals surface area (Å²) in [5, 5.41) is 0. The summed E-state index contributed by atoms with van der Waals surface area (Å²) in [6, 6.07) is 27.7. The van der Waals surface area contributed by atoms with Crippen molar-refractivity contribution < 1.29 is 4.74 Å². The molecule has 0 saturated carbocycles. The van der Waals surface area contributed by atoms with Crippen LogP contribution in [0.4, 0.5) is 11.6 Å². The molecule has 1 aliphatic rings. The van der Waals surface area contributed by atoms with Crippen molar-refractivity contribution in [2.75, 3.05) is 11.4 Å². The maximum atomic E-state index is 13.7. The molecule has 0 spiro atoms. The highest BCUT2D eigenvalue weighted by Gasteiger charge is 2.29. The molecule has 0 saturated heterocycles. The molecule has 39 heavy (non-hydrogen) atoms. The summed E-state index contributed by atoms with van der Waals surface area (Å²) >= 11 is 0. The molecule has 0 N–H and O–H groups in total. The lowest BCUT2D eigenvalue weighted by atomic mass is 10.1. The second kappa shape index (κ2) is 10.3. The van der Waals surface area contributed by atoms with Crippen LogP contribution in [0.5, 0.6) is 11.5 Å². The van der Waals surface area contributed by atoms with Crippen LogP contribution < -0.4 is 20.9 Å². The number of imidazole rings is 1. The molecule has 1 unspecified atom stereocenters. The van der Waals surface area contributed by atoms with Gasteiger partial charge in [0.25, 0.3) is 5.56 Å². The van der Waals surface area contributed by atoms with Crippen LogP contribution in [0.2, 0.25) is 0 Å². The van der Waals surface area contributed by atoms with Gasteiger partial charge in [-0.25, -0.2) is 4.79 Å². The van der Waals surface area contributed by atoms with Gasteiger partial charge in [-0.05, 0) is 60.7 Å². The third-order valence-corrected chi connectivity index (χ3v) is 7.26. The molecule has 0 amide bonds. The van der Waals surface area contributed by atoms with Crippen LogP contribution in [-0.2, 0) is 26.6 Å². The van der Waals surface area contributed by atoms with Crippen molar-refractivity contribution in [2.24, 2.45) is 13.0 Å². The molecule has 0 bridgehead atoms. The van der Waals surface area contributed by atoms with Gasteiger partial charge < -0.3 is 14.2 Å². The van der Waals surface area contributed by atoms with Gasteiger partial charge in [-0.15, -0.1) is 0 Å². The first-order valence-corrected chi connectivity index (χ1v) is 13.3. The van der Waals surface area contributed by atoms with E-state index in [2.05, 4.69) is 24.0 Å². The Kier molecular flexibility index (Phi) is 6.52. The molecule has 0 fully saturated rings. The first-order valence-electron chi connectivity index (χ1n) is 13.3. The maximum absolute atomic E-state index is 13.7. The van der Waals surface area contributed by atoms with E-state index < -0.39 is 0 Å². The van der Waals surface area contributed by atoms with E-state index in [1.165, 1.54) is 14.7 Å². The number of benzene rings is 3. The molecule has 2 aromatic heterocycles. The summed E-state index contributed by atoms with van der Waals surface area (Å²) in [6.07, 6.45) is 1.50. The van der Waals surface area contributed by atoms with Gasteiger partial charge in [0.2, 0.25) is 5.95 Å². The van der Waals surface area contributed by atoms with Gasteiger partial charge in [-0.3, -0.25) is 13.9 Å². The van der Waals surface area contributed by atoms with Gasteiger partial charge in [0.05, 0.1) is 0 Å². The molecule has 8 nitrogen and oxygen atoms in total. The van der Waals surface area contributed by atoms with E-state index in [9.17, 15) is 9.59 Å². The number of anilines is 2. The first-order chi connectivity index (χ1) is 19.0. The largest absolute Gasteiger partial charge is 0.457 e. The van der Waals surface area contributed by atoms with Gasteiger partial charge in [0.15, 0.2) is 11.2 Å². The zero-order chi connectivity index (χ0) is 26.9. The quantitative estimate of drug-likeness (QED) is 0.298. The van der Waals surface area contributed by atoms with Gasteiger partial charge >= 0.3 is 5.69 Å². The Morgan fingerprint density at radius 2 is 1.54 bits per heavy atom. The second-order valence-electron chi connectivity index (χ2n) is 10.2. The molecule has 6 rings (SSSR count). The fourth-order valence-corrected chi connectivity index (χ4v) is 5.32. The molecular weight excluding hydrogens is 490 g/mol. The molecule has 5 aromatic rings. The highest BCUT2D eigenvalue weighted by atomic mass is 16.5. The number of aromatic nitrogens is 4. The van der Waals surface area contributed by atoms with Crippen LogP contribution in [0.3, 0.4) is 0 Å². The Labute approximate surface area is 226 Å². The SMILES string of the molecule is CC1CN(c2ccc(Oc3ccccc3)cc2)c2nc3c(c(=O)n(CCCc4ccccc4)c(=O)n3C)n2C1. The Morgan fingerprint density at radius 1 is 0.872 bits per heavy atom. The highest BCUT2D eigenvalue weighted by Crippen LogP contribution is 2.34. The fraction of sp³-hybridized carbons (Fsp3) is 0.258. The second-order valence-corrected chi connectivity index (χ2v) is 10.2. The zero-order valence-electron chi connectivity index (χ0n) is 22.2. The van der Waals surface area contributed by atoms with Crippen molar-refractivity contribution in [1.29, 1.82) is 0 Å². The van der Waals surface area contributed by atoms with E-state index in [-0.39, 0.29) is 17.2 Å². The molecule has 1 aliphatic heterocycles. The van der Waals surface area contributed by atoms with E-state index in [4.69, 9.17) is 9.72 Å². The van der Waals surface area contributed by atoms with Crippen LogP contribution in [0, 0.1) is 5.92 Å². The lowest BCUT2D eigenvalue weighted by molar-refractivity contribution is 0.457. The number of ether oxygens (including phenoxy) is 1. The number of aryl methyl sites for hydroxylation is 2. The molecule has 8 heteroatoms. The Hall–Kier alpha value is -4.59. The smallest absolute Gasteiger partial charge is 0.332 e. The van der Waals surface area contributed by atoms with Gasteiger partial charge in [-0.1, -0.05) is 55.5 Å². The van der Waals surface area contributed by atoms with Crippen molar-refractivity contribution in [3.63, 3.8) is 0 Å². The summed E-state index contributed by atoms with van der Waals surface area (Å²) in [5.74, 6) is 2.47. The average Bonchev–Trinajstić information content (AvgIpc) is 3.34. The van der Waals surface area contributed by atoms with Gasteiger partial charge in [-0.2, -0.15) is 4.98 Å². The molecule has 3 heterocycles.